The van der Waals surface area contributed by atoms with Crippen molar-refractivity contribution in [3.05, 3.63) is 36.0 Å². The smallest absolute Gasteiger partial charge is 0.156 e. The molecule has 3 aromatic rings. The minimum atomic E-state index is 0.618. The van der Waals surface area contributed by atoms with Crippen molar-refractivity contribution in [3.63, 3.8) is 0 Å². The summed E-state index contributed by atoms with van der Waals surface area (Å²) < 4.78 is 0. The van der Waals surface area contributed by atoms with Crippen LogP contribution in [0.5, 0.6) is 0 Å². The quantitative estimate of drug-likeness (QED) is 0.641. The summed E-state index contributed by atoms with van der Waals surface area (Å²) >= 11 is 0. The van der Waals surface area contributed by atoms with Crippen LogP contribution in [0.15, 0.2) is 30.5 Å². The van der Waals surface area contributed by atoms with E-state index in [4.69, 9.17) is 5.26 Å². The van der Waals surface area contributed by atoms with Gasteiger partial charge in [-0.1, -0.05) is 0 Å². The Morgan fingerprint density at radius 2 is 2.19 bits per heavy atom. The topological polar surface area (TPSA) is 81.2 Å². The first kappa shape index (κ1) is 8.68. The molecule has 0 saturated carbocycles. The Balaban J connectivity index is 2.20. The van der Waals surface area contributed by atoms with E-state index in [9.17, 15) is 0 Å². The minimum Gasteiger partial charge on any atom is -0.337 e. The first-order valence-corrected chi connectivity index (χ1v) is 4.76. The maximum atomic E-state index is 8.79. The summed E-state index contributed by atoms with van der Waals surface area (Å²) in [4.78, 5) is 7.53. The first-order chi connectivity index (χ1) is 7.86. The number of aromatic nitrogens is 4. The molecule has 0 aliphatic heterocycles. The molecule has 2 heterocycles. The van der Waals surface area contributed by atoms with E-state index in [2.05, 4.69) is 26.2 Å². The van der Waals surface area contributed by atoms with Gasteiger partial charge in [-0.25, -0.2) is 4.98 Å². The summed E-state index contributed by atoms with van der Waals surface area (Å²) in [6.07, 6.45) is 1.67. The average molecular weight is 209 g/mol. The second kappa shape index (κ2) is 3.21. The van der Waals surface area contributed by atoms with Crippen molar-refractivity contribution < 1.29 is 0 Å². The summed E-state index contributed by atoms with van der Waals surface area (Å²) in [5, 5.41) is 15.5. The van der Waals surface area contributed by atoms with Crippen LogP contribution in [0.3, 0.4) is 0 Å². The van der Waals surface area contributed by atoms with Crippen LogP contribution in [-0.4, -0.2) is 20.2 Å². The zero-order valence-corrected chi connectivity index (χ0v) is 8.23. The van der Waals surface area contributed by atoms with Gasteiger partial charge in [-0.2, -0.15) is 10.4 Å². The summed E-state index contributed by atoms with van der Waals surface area (Å²) in [7, 11) is 0. The third-order valence-corrected chi connectivity index (χ3v) is 2.37. The van der Waals surface area contributed by atoms with E-state index in [1.165, 1.54) is 0 Å². The molecule has 0 bridgehead atoms. The minimum absolute atomic E-state index is 0.618. The largest absolute Gasteiger partial charge is 0.337 e. The Morgan fingerprint density at radius 1 is 1.25 bits per heavy atom. The molecule has 5 heteroatoms. The summed E-state index contributed by atoms with van der Waals surface area (Å²) in [5.74, 6) is 0.725. The van der Waals surface area contributed by atoms with Crippen molar-refractivity contribution >= 4 is 11.0 Å². The molecule has 0 radical (unpaired) electrons. The fraction of sp³-hybridized carbons (Fsp3) is 0. The number of hydrogen-bond acceptors (Lipinski definition) is 3. The van der Waals surface area contributed by atoms with Crippen LogP contribution in [0.4, 0.5) is 0 Å². The molecule has 76 valence electrons. The third kappa shape index (κ3) is 1.25. The Kier molecular flexibility index (Phi) is 1.74. The molecule has 0 fully saturated rings. The standard InChI is InChI=1S/C11H7N5/c12-6-7-1-2-8-10(5-7)15-11(14-8)9-3-4-13-16-9/h1-5H,(H,13,16)(H,14,15). The highest BCUT2D eigenvalue weighted by Crippen LogP contribution is 2.19. The summed E-state index contributed by atoms with van der Waals surface area (Å²) in [5.41, 5.74) is 3.13. The van der Waals surface area contributed by atoms with Gasteiger partial charge in [0.25, 0.3) is 0 Å². The number of H-pyrrole nitrogens is 2. The molecule has 0 spiro atoms. The maximum absolute atomic E-state index is 8.79. The van der Waals surface area contributed by atoms with Crippen molar-refractivity contribution in [2.24, 2.45) is 0 Å². The van der Waals surface area contributed by atoms with Crippen LogP contribution in [-0.2, 0) is 0 Å². The van der Waals surface area contributed by atoms with Crippen molar-refractivity contribution in [2.75, 3.05) is 0 Å². The normalized spacial score (nSPS) is 10.4. The van der Waals surface area contributed by atoms with Crippen LogP contribution in [0.2, 0.25) is 0 Å². The second-order valence-corrected chi connectivity index (χ2v) is 3.40. The Labute approximate surface area is 90.8 Å². The fourth-order valence-corrected chi connectivity index (χ4v) is 1.59. The van der Waals surface area contributed by atoms with Crippen LogP contribution >= 0.6 is 0 Å². The molecular formula is C11H7N5. The third-order valence-electron chi connectivity index (χ3n) is 2.37. The van der Waals surface area contributed by atoms with Gasteiger partial charge in [0.05, 0.1) is 22.7 Å². The van der Waals surface area contributed by atoms with E-state index < -0.39 is 0 Å². The van der Waals surface area contributed by atoms with E-state index >= 15 is 0 Å². The van der Waals surface area contributed by atoms with Gasteiger partial charge in [-0.15, -0.1) is 0 Å². The number of rotatable bonds is 1. The predicted molar refractivity (Wildman–Crippen MR) is 58.4 cm³/mol. The number of hydrogen-bond donors (Lipinski definition) is 2. The molecule has 0 amide bonds. The SMILES string of the molecule is N#Cc1ccc2nc(-c3ccn[nH]3)[nH]c2c1. The number of fused-ring (bicyclic) bond motifs is 1. The van der Waals surface area contributed by atoms with Crippen molar-refractivity contribution in [1.82, 2.24) is 20.2 Å². The molecule has 0 aliphatic rings. The van der Waals surface area contributed by atoms with E-state index in [1.54, 1.807) is 18.3 Å². The number of aromatic amines is 2. The Morgan fingerprint density at radius 3 is 2.94 bits per heavy atom. The lowest BCUT2D eigenvalue weighted by Crippen LogP contribution is -1.79. The van der Waals surface area contributed by atoms with Gasteiger partial charge in [0.15, 0.2) is 5.82 Å². The number of imidazole rings is 1. The first-order valence-electron chi connectivity index (χ1n) is 4.76. The van der Waals surface area contributed by atoms with Crippen molar-refractivity contribution in [2.45, 2.75) is 0 Å². The van der Waals surface area contributed by atoms with Gasteiger partial charge in [0.1, 0.15) is 5.69 Å². The lowest BCUT2D eigenvalue weighted by atomic mass is 10.2. The molecule has 1 aromatic carbocycles. The highest BCUT2D eigenvalue weighted by atomic mass is 15.1. The monoisotopic (exact) mass is 209 g/mol. The Bertz CT molecular complexity index is 672. The summed E-state index contributed by atoms with van der Waals surface area (Å²) in [6, 6.07) is 9.28. The van der Waals surface area contributed by atoms with Gasteiger partial charge in [0.2, 0.25) is 0 Å². The highest BCUT2D eigenvalue weighted by Gasteiger charge is 2.06. The molecular weight excluding hydrogens is 202 g/mol. The zero-order chi connectivity index (χ0) is 11.0. The molecule has 3 rings (SSSR count). The van der Waals surface area contributed by atoms with Gasteiger partial charge in [-0.3, -0.25) is 5.10 Å². The highest BCUT2D eigenvalue weighted by molar-refractivity contribution is 5.80. The number of nitrogens with zero attached hydrogens (tertiary/aromatic N) is 3. The molecule has 0 atom stereocenters. The van der Waals surface area contributed by atoms with Gasteiger partial charge in [0, 0.05) is 6.20 Å². The van der Waals surface area contributed by atoms with Gasteiger partial charge >= 0.3 is 0 Å². The summed E-state index contributed by atoms with van der Waals surface area (Å²) in [6.45, 7) is 0. The van der Waals surface area contributed by atoms with Crippen LogP contribution in [0, 0.1) is 11.3 Å². The van der Waals surface area contributed by atoms with Crippen molar-refractivity contribution in [1.29, 1.82) is 5.26 Å². The van der Waals surface area contributed by atoms with Crippen LogP contribution < -0.4 is 0 Å². The fourth-order valence-electron chi connectivity index (χ4n) is 1.59. The van der Waals surface area contributed by atoms with Gasteiger partial charge in [-0.05, 0) is 24.3 Å². The van der Waals surface area contributed by atoms with E-state index in [0.717, 1.165) is 22.6 Å². The molecule has 2 N–H and O–H groups in total. The van der Waals surface area contributed by atoms with Crippen LogP contribution in [0.25, 0.3) is 22.6 Å². The molecule has 0 unspecified atom stereocenters. The van der Waals surface area contributed by atoms with Crippen molar-refractivity contribution in [3.8, 4) is 17.6 Å². The maximum Gasteiger partial charge on any atom is 0.156 e. The second-order valence-electron chi connectivity index (χ2n) is 3.40. The zero-order valence-electron chi connectivity index (χ0n) is 8.23. The molecule has 0 aliphatic carbocycles. The molecule has 0 saturated heterocycles. The predicted octanol–water partition coefficient (Wildman–Crippen LogP) is 1.82. The van der Waals surface area contributed by atoms with Crippen LogP contribution in [0.1, 0.15) is 5.56 Å². The van der Waals surface area contributed by atoms with Gasteiger partial charge < -0.3 is 4.98 Å². The number of benzene rings is 1. The van der Waals surface area contributed by atoms with E-state index in [1.807, 2.05) is 12.1 Å². The molecule has 5 nitrogen and oxygen atoms in total. The lowest BCUT2D eigenvalue weighted by Gasteiger charge is -1.87. The number of nitrogens with one attached hydrogen (secondary N) is 2. The number of nitriles is 1. The molecule has 16 heavy (non-hydrogen) atoms. The lowest BCUT2D eigenvalue weighted by molar-refractivity contribution is 1.08. The Hall–Kier alpha value is -2.61. The average Bonchev–Trinajstić information content (AvgIpc) is 2.96. The van der Waals surface area contributed by atoms with E-state index in [-0.39, 0.29) is 0 Å². The van der Waals surface area contributed by atoms with E-state index in [0.29, 0.717) is 5.56 Å². The molecule has 2 aromatic heterocycles.